The Labute approximate surface area is 145 Å². The molecule has 0 bridgehead atoms. The minimum absolute atomic E-state index is 0.227. The van der Waals surface area contributed by atoms with Crippen LogP contribution in [0, 0.1) is 0 Å². The highest BCUT2D eigenvalue weighted by atomic mass is 16.1. The zero-order valence-corrected chi connectivity index (χ0v) is 15.6. The first-order valence-corrected chi connectivity index (χ1v) is 8.53. The van der Waals surface area contributed by atoms with E-state index in [9.17, 15) is 9.59 Å². The number of hydrogen-bond acceptors (Lipinski definition) is 6. The van der Waals surface area contributed by atoms with Crippen LogP contribution in [-0.2, 0) is 9.59 Å². The predicted octanol–water partition coefficient (Wildman–Crippen LogP) is -1.78. The van der Waals surface area contributed by atoms with Crippen molar-refractivity contribution in [2.45, 2.75) is 24.9 Å². The van der Waals surface area contributed by atoms with Gasteiger partial charge >= 0.3 is 0 Å². The maximum atomic E-state index is 10.6. The zero-order valence-electron chi connectivity index (χ0n) is 15.6. The van der Waals surface area contributed by atoms with Crippen molar-refractivity contribution in [2.24, 2.45) is 11.5 Å². The van der Waals surface area contributed by atoms with Gasteiger partial charge in [0.25, 0.3) is 0 Å². The Morgan fingerprint density at radius 2 is 1.17 bits per heavy atom. The smallest absolute Gasteiger partial charge is 0.231 e. The molecule has 24 heavy (non-hydrogen) atoms. The quantitative estimate of drug-likeness (QED) is 0.592. The molecule has 0 radical (unpaired) electrons. The second-order valence-corrected chi connectivity index (χ2v) is 7.22. The molecule has 0 aromatic heterocycles. The first-order chi connectivity index (χ1) is 11.2. The van der Waals surface area contributed by atoms with Gasteiger partial charge in [0.05, 0.1) is 13.1 Å². The lowest BCUT2D eigenvalue weighted by Gasteiger charge is -2.19. The normalized spacial score (nSPS) is 25.1. The molecule has 8 nitrogen and oxygen atoms in total. The zero-order chi connectivity index (χ0) is 18.3. The molecule has 140 valence electrons. The third-order valence-electron chi connectivity index (χ3n) is 4.71. The van der Waals surface area contributed by atoms with Crippen LogP contribution >= 0.6 is 0 Å². The van der Waals surface area contributed by atoms with Crippen LogP contribution in [0.25, 0.3) is 0 Å². The number of amides is 2. The van der Waals surface area contributed by atoms with E-state index in [0.29, 0.717) is 25.2 Å². The summed E-state index contributed by atoms with van der Waals surface area (Å²) in [5.74, 6) is -0.455. The van der Waals surface area contributed by atoms with Crippen molar-refractivity contribution in [3.05, 3.63) is 0 Å². The summed E-state index contributed by atoms with van der Waals surface area (Å²) in [6, 6.07) is 1.17. The largest absolute Gasteiger partial charge is 0.369 e. The molecule has 0 aliphatic carbocycles. The molecule has 2 rings (SSSR count). The Morgan fingerprint density at radius 1 is 0.833 bits per heavy atom. The van der Waals surface area contributed by atoms with Gasteiger partial charge in [-0.15, -0.1) is 0 Å². The maximum Gasteiger partial charge on any atom is 0.231 e. The summed E-state index contributed by atoms with van der Waals surface area (Å²) in [5.41, 5.74) is 10.2. The van der Waals surface area contributed by atoms with Gasteiger partial charge in [0.2, 0.25) is 11.8 Å². The molecule has 2 heterocycles. The molecular formula is C16H34N6O2. The molecule has 2 amide bonds. The van der Waals surface area contributed by atoms with Crippen molar-refractivity contribution < 1.29 is 9.59 Å². The van der Waals surface area contributed by atoms with Crippen molar-refractivity contribution in [1.29, 1.82) is 0 Å². The van der Waals surface area contributed by atoms with Crippen LogP contribution in [-0.4, -0.2) is 111 Å². The van der Waals surface area contributed by atoms with E-state index in [1.54, 1.807) is 0 Å². The lowest BCUT2D eigenvalue weighted by atomic mass is 10.2. The summed E-state index contributed by atoms with van der Waals surface area (Å²) >= 11 is 0. The molecule has 2 saturated heterocycles. The molecule has 4 N–H and O–H groups in total. The second kappa shape index (κ2) is 9.93. The molecule has 2 fully saturated rings. The number of nitrogens with two attached hydrogens (primary N) is 2. The van der Waals surface area contributed by atoms with Crippen molar-refractivity contribution >= 4 is 11.8 Å². The van der Waals surface area contributed by atoms with Gasteiger partial charge in [-0.1, -0.05) is 0 Å². The van der Waals surface area contributed by atoms with Crippen molar-refractivity contribution in [1.82, 2.24) is 19.6 Å². The van der Waals surface area contributed by atoms with Gasteiger partial charge in [-0.3, -0.25) is 19.4 Å². The van der Waals surface area contributed by atoms with E-state index in [4.69, 9.17) is 11.5 Å². The van der Waals surface area contributed by atoms with Crippen molar-refractivity contribution in [2.75, 3.05) is 67.5 Å². The number of primary amides is 2. The monoisotopic (exact) mass is 342 g/mol. The van der Waals surface area contributed by atoms with Crippen LogP contribution < -0.4 is 11.5 Å². The lowest BCUT2D eigenvalue weighted by Crippen LogP contribution is -2.35. The first-order valence-electron chi connectivity index (χ1n) is 8.53. The number of carbonyl (C=O) groups is 2. The van der Waals surface area contributed by atoms with Gasteiger partial charge in [0.15, 0.2) is 0 Å². The highest BCUT2D eigenvalue weighted by Gasteiger charge is 2.25. The van der Waals surface area contributed by atoms with E-state index in [1.165, 1.54) is 0 Å². The average Bonchev–Trinajstić information content (AvgIpc) is 3.07. The van der Waals surface area contributed by atoms with Crippen LogP contribution in [0.2, 0.25) is 0 Å². The standard InChI is InChI=1S/2C8H17N3O/c2*1-10(2)7-3-4-11(5-7)6-8(9)12/h2*7H,3-6H2,1-2H3,(H2,9,12)/t2*7-/m10/s1. The van der Waals surface area contributed by atoms with Crippen LogP contribution in [0.5, 0.6) is 0 Å². The van der Waals surface area contributed by atoms with Crippen LogP contribution in [0.1, 0.15) is 12.8 Å². The Morgan fingerprint density at radius 3 is 1.38 bits per heavy atom. The maximum absolute atomic E-state index is 10.6. The summed E-state index contributed by atoms with van der Waals surface area (Å²) in [6.07, 6.45) is 2.28. The molecule has 2 aliphatic heterocycles. The third kappa shape index (κ3) is 7.57. The Kier molecular flexibility index (Phi) is 8.61. The number of hydrogen-bond donors (Lipinski definition) is 2. The van der Waals surface area contributed by atoms with E-state index in [2.05, 4.69) is 47.8 Å². The van der Waals surface area contributed by atoms with Crippen molar-refractivity contribution in [3.63, 3.8) is 0 Å². The van der Waals surface area contributed by atoms with Crippen LogP contribution in [0.15, 0.2) is 0 Å². The van der Waals surface area contributed by atoms with E-state index in [1.807, 2.05) is 0 Å². The van der Waals surface area contributed by atoms with E-state index < -0.39 is 0 Å². The summed E-state index contributed by atoms with van der Waals surface area (Å²) in [4.78, 5) is 29.8. The molecule has 8 heteroatoms. The Balaban J connectivity index is 0.000000240. The number of likely N-dealkylation sites (N-methyl/N-ethyl adjacent to an activating group) is 2. The number of likely N-dealkylation sites (tertiary alicyclic amines) is 2. The Hall–Kier alpha value is -1.22. The summed E-state index contributed by atoms with van der Waals surface area (Å²) in [6.45, 7) is 4.73. The topological polar surface area (TPSA) is 99.1 Å². The first kappa shape index (κ1) is 20.8. The van der Waals surface area contributed by atoms with Gasteiger partial charge in [0.1, 0.15) is 0 Å². The fourth-order valence-corrected chi connectivity index (χ4v) is 3.20. The minimum atomic E-state index is -0.227. The lowest BCUT2D eigenvalue weighted by molar-refractivity contribution is -0.119. The van der Waals surface area contributed by atoms with Gasteiger partial charge in [-0.2, -0.15) is 0 Å². The summed E-state index contributed by atoms with van der Waals surface area (Å²) in [7, 11) is 8.27. The molecule has 0 aromatic carbocycles. The highest BCUT2D eigenvalue weighted by Crippen LogP contribution is 2.12. The van der Waals surface area contributed by atoms with E-state index >= 15 is 0 Å². The third-order valence-corrected chi connectivity index (χ3v) is 4.71. The van der Waals surface area contributed by atoms with Gasteiger partial charge in [-0.25, -0.2) is 0 Å². The predicted molar refractivity (Wildman–Crippen MR) is 95.5 cm³/mol. The molecule has 0 spiro atoms. The highest BCUT2D eigenvalue weighted by molar-refractivity contribution is 5.76. The summed E-state index contributed by atoms with van der Waals surface area (Å²) in [5, 5.41) is 0. The molecule has 0 unspecified atom stereocenters. The average molecular weight is 342 g/mol. The molecule has 2 atom stereocenters. The molecule has 0 aromatic rings. The van der Waals surface area contributed by atoms with E-state index in [-0.39, 0.29) is 11.8 Å². The second-order valence-electron chi connectivity index (χ2n) is 7.22. The van der Waals surface area contributed by atoms with Gasteiger partial charge < -0.3 is 21.3 Å². The fraction of sp³-hybridized carbons (Fsp3) is 0.875. The van der Waals surface area contributed by atoms with Crippen LogP contribution in [0.4, 0.5) is 0 Å². The number of nitrogens with zero attached hydrogens (tertiary/aromatic N) is 4. The number of rotatable bonds is 6. The molecule has 0 saturated carbocycles. The fourth-order valence-electron chi connectivity index (χ4n) is 3.20. The Bertz CT molecular complexity index is 377. The molecular weight excluding hydrogens is 308 g/mol. The van der Waals surface area contributed by atoms with Gasteiger partial charge in [-0.05, 0) is 41.0 Å². The van der Waals surface area contributed by atoms with Crippen molar-refractivity contribution in [3.8, 4) is 0 Å². The minimum Gasteiger partial charge on any atom is -0.369 e. The summed E-state index contributed by atoms with van der Waals surface area (Å²) < 4.78 is 0. The van der Waals surface area contributed by atoms with E-state index in [0.717, 1.165) is 39.0 Å². The molecule has 2 aliphatic rings. The van der Waals surface area contributed by atoms with Gasteiger partial charge in [0, 0.05) is 38.3 Å². The van der Waals surface area contributed by atoms with Crippen LogP contribution in [0.3, 0.4) is 0 Å². The SMILES string of the molecule is CN(C)[C@@H]1CCN(CC(N)=O)C1.CN(C)[C@H]1CCN(CC(N)=O)C1. The number of carbonyl (C=O) groups excluding carboxylic acids is 2.